The minimum atomic E-state index is -1.33. The van der Waals surface area contributed by atoms with Crippen molar-refractivity contribution in [3.05, 3.63) is 0 Å². The molecular weight excluding hydrogens is 290 g/mol. The third kappa shape index (κ3) is 3.70. The van der Waals surface area contributed by atoms with Crippen LogP contribution in [0.15, 0.2) is 0 Å². The molecule has 22 heavy (non-hydrogen) atoms. The Labute approximate surface area is 130 Å². The number of rotatable bonds is 2. The average Bonchev–Trinajstić information content (AvgIpc) is 2.72. The van der Waals surface area contributed by atoms with E-state index in [1.54, 1.807) is 20.8 Å². The maximum Gasteiger partial charge on any atom is 0.408 e. The highest BCUT2D eigenvalue weighted by Crippen LogP contribution is 2.42. The topological polar surface area (TPSA) is 94.1 Å². The first kappa shape index (κ1) is 17.0. The van der Waals surface area contributed by atoms with E-state index in [0.717, 1.165) is 0 Å². The predicted molar refractivity (Wildman–Crippen MR) is 77.4 cm³/mol. The fourth-order valence-corrected chi connectivity index (χ4v) is 2.92. The van der Waals surface area contributed by atoms with Crippen molar-refractivity contribution in [2.24, 2.45) is 0 Å². The lowest BCUT2D eigenvalue weighted by molar-refractivity contribution is -0.197. The molecular formula is C15H25NO6. The Morgan fingerprint density at radius 3 is 2.23 bits per heavy atom. The zero-order valence-electron chi connectivity index (χ0n) is 13.6. The van der Waals surface area contributed by atoms with Gasteiger partial charge in [0, 0.05) is 12.8 Å². The molecule has 0 radical (unpaired) electrons. The van der Waals surface area contributed by atoms with Crippen LogP contribution < -0.4 is 5.32 Å². The van der Waals surface area contributed by atoms with E-state index in [-0.39, 0.29) is 18.9 Å². The number of ether oxygens (including phenoxy) is 3. The molecule has 7 heteroatoms. The number of carboxylic acids is 1. The van der Waals surface area contributed by atoms with Crippen molar-refractivity contribution in [3.63, 3.8) is 0 Å². The Morgan fingerprint density at radius 2 is 1.82 bits per heavy atom. The first-order chi connectivity index (χ1) is 10.1. The summed E-state index contributed by atoms with van der Waals surface area (Å²) in [6, 6.07) is 0. The number of amides is 1. The summed E-state index contributed by atoms with van der Waals surface area (Å²) < 4.78 is 16.7. The van der Waals surface area contributed by atoms with Gasteiger partial charge in [-0.3, -0.25) is 0 Å². The van der Waals surface area contributed by atoms with Crippen molar-refractivity contribution in [2.75, 3.05) is 6.61 Å². The lowest BCUT2D eigenvalue weighted by atomic mass is 9.78. The van der Waals surface area contributed by atoms with Gasteiger partial charge in [-0.2, -0.15) is 0 Å². The summed E-state index contributed by atoms with van der Waals surface area (Å²) in [4.78, 5) is 23.6. The lowest BCUT2D eigenvalue weighted by Gasteiger charge is -2.41. The van der Waals surface area contributed by atoms with E-state index in [2.05, 4.69) is 5.32 Å². The van der Waals surface area contributed by atoms with Gasteiger partial charge in [-0.25, -0.2) is 9.59 Å². The normalized spacial score (nSPS) is 35.4. The molecule has 126 valence electrons. The lowest BCUT2D eigenvalue weighted by Crippen LogP contribution is -2.59. The quantitative estimate of drug-likeness (QED) is 0.810. The Hall–Kier alpha value is -1.34. The number of hydrogen-bond acceptors (Lipinski definition) is 5. The predicted octanol–water partition coefficient (Wildman–Crippen LogP) is 2.04. The molecule has 2 aliphatic rings. The van der Waals surface area contributed by atoms with Crippen LogP contribution in [-0.2, 0) is 19.0 Å². The standard InChI is InChI=1S/C15H25NO6/c1-10-9-20-15(21-10)7-5-14(6-8-15,11(17)18)16-12(19)22-13(2,3)4/h10H,5-9H2,1-4H3,(H,16,19)(H,17,18). The largest absolute Gasteiger partial charge is 0.480 e. The summed E-state index contributed by atoms with van der Waals surface area (Å²) >= 11 is 0. The highest BCUT2D eigenvalue weighted by atomic mass is 16.7. The highest BCUT2D eigenvalue weighted by molar-refractivity contribution is 5.84. The fraction of sp³-hybridized carbons (Fsp3) is 0.867. The zero-order chi connectivity index (χ0) is 16.6. The van der Waals surface area contributed by atoms with Crippen LogP contribution in [0.1, 0.15) is 53.4 Å². The van der Waals surface area contributed by atoms with Crippen LogP contribution in [0, 0.1) is 0 Å². The minimum Gasteiger partial charge on any atom is -0.480 e. The van der Waals surface area contributed by atoms with E-state index in [4.69, 9.17) is 14.2 Å². The maximum absolute atomic E-state index is 11.9. The van der Waals surface area contributed by atoms with E-state index in [9.17, 15) is 14.7 Å². The molecule has 1 aliphatic carbocycles. The average molecular weight is 315 g/mol. The smallest absolute Gasteiger partial charge is 0.408 e. The van der Waals surface area contributed by atoms with Crippen LogP contribution in [-0.4, -0.2) is 46.8 Å². The molecule has 0 aromatic heterocycles. The van der Waals surface area contributed by atoms with Gasteiger partial charge in [0.15, 0.2) is 5.79 Å². The van der Waals surface area contributed by atoms with Crippen molar-refractivity contribution in [1.29, 1.82) is 0 Å². The highest BCUT2D eigenvalue weighted by Gasteiger charge is 2.52. The van der Waals surface area contributed by atoms with Gasteiger partial charge in [-0.15, -0.1) is 0 Å². The van der Waals surface area contributed by atoms with Crippen molar-refractivity contribution >= 4 is 12.1 Å². The van der Waals surface area contributed by atoms with Crippen LogP contribution >= 0.6 is 0 Å². The van der Waals surface area contributed by atoms with Gasteiger partial charge in [-0.05, 0) is 40.5 Å². The molecule has 1 amide bonds. The van der Waals surface area contributed by atoms with E-state index < -0.39 is 29.0 Å². The van der Waals surface area contributed by atoms with Gasteiger partial charge >= 0.3 is 12.1 Å². The minimum absolute atomic E-state index is 0.0103. The van der Waals surface area contributed by atoms with E-state index in [1.807, 2.05) is 6.92 Å². The van der Waals surface area contributed by atoms with Crippen LogP contribution in [0.25, 0.3) is 0 Å². The molecule has 1 spiro atoms. The van der Waals surface area contributed by atoms with Crippen LogP contribution in [0.4, 0.5) is 4.79 Å². The number of carboxylic acid groups (broad SMARTS) is 1. The van der Waals surface area contributed by atoms with Gasteiger partial charge < -0.3 is 24.6 Å². The molecule has 0 bridgehead atoms. The van der Waals surface area contributed by atoms with Crippen LogP contribution in [0.3, 0.4) is 0 Å². The van der Waals surface area contributed by atoms with Crippen molar-refractivity contribution in [1.82, 2.24) is 5.32 Å². The molecule has 1 atom stereocenters. The molecule has 1 unspecified atom stereocenters. The number of alkyl carbamates (subject to hydrolysis) is 1. The summed E-state index contributed by atoms with van der Waals surface area (Å²) in [5, 5.41) is 12.1. The number of aliphatic carboxylic acids is 1. The van der Waals surface area contributed by atoms with Gasteiger partial charge in [0.1, 0.15) is 11.1 Å². The molecule has 1 heterocycles. The molecule has 2 rings (SSSR count). The summed E-state index contributed by atoms with van der Waals surface area (Å²) in [5.41, 5.74) is -2.00. The second kappa shape index (κ2) is 5.70. The fourth-order valence-electron chi connectivity index (χ4n) is 2.92. The first-order valence-electron chi connectivity index (χ1n) is 7.62. The Balaban J connectivity index is 2.03. The van der Waals surface area contributed by atoms with Gasteiger partial charge in [0.05, 0.1) is 12.7 Å². The molecule has 2 fully saturated rings. The number of hydrogen-bond donors (Lipinski definition) is 2. The Bertz CT molecular complexity index is 447. The number of carbonyl (C=O) groups is 2. The van der Waals surface area contributed by atoms with Crippen LogP contribution in [0.5, 0.6) is 0 Å². The molecule has 1 saturated heterocycles. The van der Waals surface area contributed by atoms with E-state index >= 15 is 0 Å². The van der Waals surface area contributed by atoms with E-state index in [0.29, 0.717) is 19.4 Å². The Kier molecular flexibility index (Phi) is 4.41. The third-order valence-corrected chi connectivity index (χ3v) is 4.01. The van der Waals surface area contributed by atoms with Crippen LogP contribution in [0.2, 0.25) is 0 Å². The Morgan fingerprint density at radius 1 is 1.23 bits per heavy atom. The molecule has 7 nitrogen and oxygen atoms in total. The summed E-state index contributed by atoms with van der Waals surface area (Å²) in [7, 11) is 0. The molecule has 2 N–H and O–H groups in total. The second-order valence-electron chi connectivity index (χ2n) is 7.16. The third-order valence-electron chi connectivity index (χ3n) is 4.01. The maximum atomic E-state index is 11.9. The van der Waals surface area contributed by atoms with Gasteiger partial charge in [-0.1, -0.05) is 0 Å². The zero-order valence-corrected chi connectivity index (χ0v) is 13.6. The molecule has 1 saturated carbocycles. The SMILES string of the molecule is CC1COC2(CCC(NC(=O)OC(C)(C)C)(C(=O)O)CC2)O1. The van der Waals surface area contributed by atoms with Gasteiger partial charge in [0.25, 0.3) is 0 Å². The van der Waals surface area contributed by atoms with Crippen molar-refractivity contribution in [3.8, 4) is 0 Å². The second-order valence-corrected chi connectivity index (χ2v) is 7.16. The number of nitrogens with one attached hydrogen (secondary N) is 1. The van der Waals surface area contributed by atoms with Crippen molar-refractivity contribution < 1.29 is 28.9 Å². The first-order valence-corrected chi connectivity index (χ1v) is 7.62. The van der Waals surface area contributed by atoms with Crippen molar-refractivity contribution in [2.45, 2.75) is 76.4 Å². The van der Waals surface area contributed by atoms with Gasteiger partial charge in [0.2, 0.25) is 0 Å². The summed E-state index contributed by atoms with van der Waals surface area (Å²) in [6.07, 6.45) is 0.644. The molecule has 0 aromatic rings. The molecule has 0 aromatic carbocycles. The summed E-state index contributed by atoms with van der Waals surface area (Å²) in [6.45, 7) is 7.64. The monoisotopic (exact) mass is 315 g/mol. The number of carbonyl (C=O) groups excluding carboxylic acids is 1. The molecule has 1 aliphatic heterocycles. The van der Waals surface area contributed by atoms with E-state index in [1.165, 1.54) is 0 Å². The summed E-state index contributed by atoms with van der Waals surface area (Å²) in [5.74, 6) is -1.76.